The molecule has 0 amide bonds. The van der Waals surface area contributed by atoms with Gasteiger partial charge in [-0.15, -0.1) is 11.3 Å². The van der Waals surface area contributed by atoms with Crippen LogP contribution in [-0.4, -0.2) is 5.11 Å². The second-order valence-corrected chi connectivity index (χ2v) is 4.86. The molecule has 0 saturated heterocycles. The topological polar surface area (TPSA) is 20.2 Å². The van der Waals surface area contributed by atoms with Crippen molar-refractivity contribution in [2.45, 2.75) is 26.1 Å². The molecule has 0 aliphatic carbocycles. The predicted octanol–water partition coefficient (Wildman–Crippen LogP) is 3.97. The number of halogens is 3. The van der Waals surface area contributed by atoms with Crippen LogP contribution >= 0.6 is 11.3 Å². The maximum atomic E-state index is 12.5. The molecule has 92 valence electrons. The molecule has 1 aromatic carbocycles. The largest absolute Gasteiger partial charge is 0.416 e. The normalized spacial score (nSPS) is 12.3. The Balaban J connectivity index is 2.64. The molecule has 0 aliphatic rings. The second kappa shape index (κ2) is 4.31. The fourth-order valence-corrected chi connectivity index (χ4v) is 3.09. The van der Waals surface area contributed by atoms with Crippen LogP contribution in [0.4, 0.5) is 13.2 Å². The Morgan fingerprint density at radius 2 is 2.00 bits per heavy atom. The summed E-state index contributed by atoms with van der Waals surface area (Å²) in [5.74, 6) is 0. The van der Waals surface area contributed by atoms with Crippen LogP contribution in [0.25, 0.3) is 10.1 Å². The molecule has 2 rings (SSSR count). The molecule has 0 saturated carbocycles. The van der Waals surface area contributed by atoms with E-state index in [1.807, 2.05) is 6.92 Å². The number of rotatable bonds is 2. The summed E-state index contributed by atoms with van der Waals surface area (Å²) in [4.78, 5) is 0.752. The summed E-state index contributed by atoms with van der Waals surface area (Å²) in [5.41, 5.74) is 0.305. The first-order chi connectivity index (χ1) is 7.97. The standard InChI is InChI=1S/C12H11F3OS/c1-2-8-9-4-3-7(12(13,14)15)5-10(9)17-11(8)6-16/h3-5,16H,2,6H2,1H3. The van der Waals surface area contributed by atoms with Crippen molar-refractivity contribution >= 4 is 21.4 Å². The average Bonchev–Trinajstić information content (AvgIpc) is 2.64. The minimum absolute atomic E-state index is 0.121. The van der Waals surface area contributed by atoms with Crippen molar-refractivity contribution in [3.63, 3.8) is 0 Å². The highest BCUT2D eigenvalue weighted by molar-refractivity contribution is 7.19. The van der Waals surface area contributed by atoms with Crippen LogP contribution in [0.15, 0.2) is 18.2 Å². The molecule has 1 nitrogen and oxygen atoms in total. The van der Waals surface area contributed by atoms with E-state index in [0.29, 0.717) is 11.1 Å². The summed E-state index contributed by atoms with van der Waals surface area (Å²) in [7, 11) is 0. The lowest BCUT2D eigenvalue weighted by molar-refractivity contribution is -0.137. The predicted molar refractivity (Wildman–Crippen MR) is 62.1 cm³/mol. The molecule has 2 aromatic rings. The molecule has 0 aliphatic heterocycles. The molecule has 0 spiro atoms. The van der Waals surface area contributed by atoms with Crippen molar-refractivity contribution < 1.29 is 18.3 Å². The fourth-order valence-electron chi connectivity index (χ4n) is 1.89. The van der Waals surface area contributed by atoms with Crippen LogP contribution in [0, 0.1) is 0 Å². The lowest BCUT2D eigenvalue weighted by Gasteiger charge is -2.06. The van der Waals surface area contributed by atoms with E-state index < -0.39 is 11.7 Å². The van der Waals surface area contributed by atoms with Gasteiger partial charge in [0.2, 0.25) is 0 Å². The first-order valence-electron chi connectivity index (χ1n) is 5.19. The van der Waals surface area contributed by atoms with E-state index in [9.17, 15) is 13.2 Å². The number of thiophene rings is 1. The molecule has 1 heterocycles. The van der Waals surface area contributed by atoms with E-state index >= 15 is 0 Å². The highest BCUT2D eigenvalue weighted by Crippen LogP contribution is 2.37. The van der Waals surface area contributed by atoms with Crippen molar-refractivity contribution in [3.05, 3.63) is 34.2 Å². The molecule has 1 aromatic heterocycles. The number of hydrogen-bond acceptors (Lipinski definition) is 2. The number of aliphatic hydroxyl groups is 1. The number of fused-ring (bicyclic) bond motifs is 1. The van der Waals surface area contributed by atoms with Gasteiger partial charge >= 0.3 is 6.18 Å². The molecular weight excluding hydrogens is 249 g/mol. The third-order valence-corrected chi connectivity index (χ3v) is 3.88. The Morgan fingerprint density at radius 3 is 2.53 bits per heavy atom. The third kappa shape index (κ3) is 2.17. The van der Waals surface area contributed by atoms with Crippen LogP contribution in [0.5, 0.6) is 0 Å². The maximum Gasteiger partial charge on any atom is 0.416 e. The average molecular weight is 260 g/mol. The molecule has 5 heteroatoms. The van der Waals surface area contributed by atoms with Gasteiger partial charge in [0, 0.05) is 9.58 Å². The first kappa shape index (κ1) is 12.4. The van der Waals surface area contributed by atoms with Crippen LogP contribution in [0.2, 0.25) is 0 Å². The second-order valence-electron chi connectivity index (χ2n) is 3.72. The van der Waals surface area contributed by atoms with E-state index in [0.717, 1.165) is 28.0 Å². The van der Waals surface area contributed by atoms with Gasteiger partial charge < -0.3 is 5.11 Å². The molecular formula is C12H11F3OS. The summed E-state index contributed by atoms with van der Waals surface area (Å²) in [6, 6.07) is 3.74. The van der Waals surface area contributed by atoms with Crippen LogP contribution < -0.4 is 0 Å². The summed E-state index contributed by atoms with van der Waals surface area (Å²) in [5, 5.41) is 9.98. The minimum Gasteiger partial charge on any atom is -0.391 e. The Kier molecular flexibility index (Phi) is 3.14. The summed E-state index contributed by atoms with van der Waals surface area (Å²) in [6.45, 7) is 1.81. The summed E-state index contributed by atoms with van der Waals surface area (Å²) in [6.07, 6.45) is -3.61. The van der Waals surface area contributed by atoms with Gasteiger partial charge in [0.15, 0.2) is 0 Å². The summed E-state index contributed by atoms with van der Waals surface area (Å²) < 4.78 is 38.2. The van der Waals surface area contributed by atoms with E-state index in [2.05, 4.69) is 0 Å². The van der Waals surface area contributed by atoms with E-state index in [1.54, 1.807) is 0 Å². The molecule has 0 fully saturated rings. The van der Waals surface area contributed by atoms with Gasteiger partial charge in [-0.25, -0.2) is 0 Å². The van der Waals surface area contributed by atoms with Crippen molar-refractivity contribution in [3.8, 4) is 0 Å². The maximum absolute atomic E-state index is 12.5. The number of benzene rings is 1. The van der Waals surface area contributed by atoms with Crippen molar-refractivity contribution in [2.24, 2.45) is 0 Å². The number of aryl methyl sites for hydroxylation is 1. The minimum atomic E-state index is -4.32. The van der Waals surface area contributed by atoms with Crippen molar-refractivity contribution in [2.75, 3.05) is 0 Å². The van der Waals surface area contributed by atoms with Crippen molar-refractivity contribution in [1.82, 2.24) is 0 Å². The number of hydrogen-bond donors (Lipinski definition) is 1. The molecule has 17 heavy (non-hydrogen) atoms. The van der Waals surface area contributed by atoms with Gasteiger partial charge in [0.25, 0.3) is 0 Å². The van der Waals surface area contributed by atoms with Gasteiger partial charge in [0.05, 0.1) is 12.2 Å². The van der Waals surface area contributed by atoms with Gasteiger partial charge in [-0.05, 0) is 29.5 Å². The zero-order valence-corrected chi connectivity index (χ0v) is 9.95. The zero-order valence-electron chi connectivity index (χ0n) is 9.14. The van der Waals surface area contributed by atoms with Gasteiger partial charge in [-0.3, -0.25) is 0 Å². The molecule has 1 N–H and O–H groups in total. The van der Waals surface area contributed by atoms with Gasteiger partial charge in [0.1, 0.15) is 0 Å². The summed E-state index contributed by atoms with van der Waals surface area (Å²) >= 11 is 1.23. The van der Waals surface area contributed by atoms with Crippen LogP contribution in [0.3, 0.4) is 0 Å². The molecule has 0 atom stereocenters. The Labute approximate surface area is 101 Å². The lowest BCUT2D eigenvalue weighted by Crippen LogP contribution is -2.03. The van der Waals surface area contributed by atoms with E-state index in [-0.39, 0.29) is 6.61 Å². The van der Waals surface area contributed by atoms with Crippen LogP contribution in [0.1, 0.15) is 22.9 Å². The van der Waals surface area contributed by atoms with E-state index in [4.69, 9.17) is 5.11 Å². The zero-order chi connectivity index (χ0) is 12.6. The van der Waals surface area contributed by atoms with E-state index in [1.165, 1.54) is 17.4 Å². The number of aliphatic hydroxyl groups excluding tert-OH is 1. The smallest absolute Gasteiger partial charge is 0.391 e. The third-order valence-electron chi connectivity index (χ3n) is 2.70. The Bertz CT molecular complexity index is 542. The quantitative estimate of drug-likeness (QED) is 0.866. The van der Waals surface area contributed by atoms with Gasteiger partial charge in [-0.1, -0.05) is 13.0 Å². The monoisotopic (exact) mass is 260 g/mol. The van der Waals surface area contributed by atoms with Gasteiger partial charge in [-0.2, -0.15) is 13.2 Å². The lowest BCUT2D eigenvalue weighted by atomic mass is 10.1. The fraction of sp³-hybridized carbons (Fsp3) is 0.333. The Morgan fingerprint density at radius 1 is 1.29 bits per heavy atom. The number of alkyl halides is 3. The Hall–Kier alpha value is -1.07. The molecule has 0 unspecified atom stereocenters. The molecule has 0 radical (unpaired) electrons. The van der Waals surface area contributed by atoms with Crippen LogP contribution in [-0.2, 0) is 19.2 Å². The molecule has 0 bridgehead atoms. The SMILES string of the molecule is CCc1c(CO)sc2cc(C(F)(F)F)ccc12. The highest BCUT2D eigenvalue weighted by Gasteiger charge is 2.30. The highest BCUT2D eigenvalue weighted by atomic mass is 32.1. The van der Waals surface area contributed by atoms with Crippen molar-refractivity contribution in [1.29, 1.82) is 0 Å². The first-order valence-corrected chi connectivity index (χ1v) is 6.01.